The molecule has 23 heavy (non-hydrogen) atoms. The molecule has 1 aliphatic rings. The third-order valence-electron chi connectivity index (χ3n) is 3.76. The predicted octanol–water partition coefficient (Wildman–Crippen LogP) is 1.47. The Morgan fingerprint density at radius 3 is 2.70 bits per heavy atom. The number of aromatic nitrogens is 4. The van der Waals surface area contributed by atoms with Crippen molar-refractivity contribution in [3.8, 4) is 0 Å². The number of nitrogens with zero attached hydrogens (tertiary/aromatic N) is 5. The SMILES string of the molecule is Cc1cc(C)n2c(SCC(=O)N3C[C@H](C)O[C@@H](C)C3)nnc2n1. The van der Waals surface area contributed by atoms with Crippen molar-refractivity contribution >= 4 is 23.4 Å². The normalized spacial score (nSPS) is 21.8. The molecule has 7 nitrogen and oxygen atoms in total. The Morgan fingerprint density at radius 1 is 1.30 bits per heavy atom. The highest BCUT2D eigenvalue weighted by Gasteiger charge is 2.26. The summed E-state index contributed by atoms with van der Waals surface area (Å²) < 4.78 is 7.55. The molecular formula is C15H21N5O2S. The van der Waals surface area contributed by atoms with Gasteiger partial charge in [0, 0.05) is 24.5 Å². The van der Waals surface area contributed by atoms with Crippen molar-refractivity contribution in [3.63, 3.8) is 0 Å². The van der Waals surface area contributed by atoms with E-state index in [0.29, 0.717) is 29.8 Å². The predicted molar refractivity (Wildman–Crippen MR) is 87.6 cm³/mol. The molecule has 0 spiro atoms. The fourth-order valence-electron chi connectivity index (χ4n) is 2.89. The second kappa shape index (κ2) is 6.45. The molecule has 0 N–H and O–H groups in total. The average Bonchev–Trinajstić information content (AvgIpc) is 2.86. The van der Waals surface area contributed by atoms with Gasteiger partial charge in [-0.3, -0.25) is 9.20 Å². The summed E-state index contributed by atoms with van der Waals surface area (Å²) >= 11 is 1.40. The minimum absolute atomic E-state index is 0.0797. The van der Waals surface area contributed by atoms with Crippen LogP contribution in [0.15, 0.2) is 11.2 Å². The van der Waals surface area contributed by atoms with E-state index in [1.165, 1.54) is 11.8 Å². The molecular weight excluding hydrogens is 314 g/mol. The Labute approximate surface area is 139 Å². The maximum absolute atomic E-state index is 12.4. The fourth-order valence-corrected chi connectivity index (χ4v) is 3.78. The zero-order valence-corrected chi connectivity index (χ0v) is 14.6. The van der Waals surface area contributed by atoms with E-state index in [9.17, 15) is 4.79 Å². The number of amides is 1. The van der Waals surface area contributed by atoms with Gasteiger partial charge in [0.15, 0.2) is 5.16 Å². The Kier molecular flexibility index (Phi) is 4.54. The van der Waals surface area contributed by atoms with Crippen LogP contribution in [0.3, 0.4) is 0 Å². The number of aryl methyl sites for hydroxylation is 2. The number of hydrogen-bond donors (Lipinski definition) is 0. The van der Waals surface area contributed by atoms with Crippen molar-refractivity contribution in [2.24, 2.45) is 0 Å². The van der Waals surface area contributed by atoms with Gasteiger partial charge in [0.25, 0.3) is 5.78 Å². The van der Waals surface area contributed by atoms with E-state index in [-0.39, 0.29) is 18.1 Å². The van der Waals surface area contributed by atoms with Crippen molar-refractivity contribution in [2.75, 3.05) is 18.8 Å². The van der Waals surface area contributed by atoms with Crippen LogP contribution < -0.4 is 0 Å². The first-order valence-corrected chi connectivity index (χ1v) is 8.68. The van der Waals surface area contributed by atoms with Crippen LogP contribution in [0.2, 0.25) is 0 Å². The topological polar surface area (TPSA) is 72.6 Å². The molecule has 1 fully saturated rings. The number of hydrogen-bond acceptors (Lipinski definition) is 6. The van der Waals surface area contributed by atoms with Gasteiger partial charge < -0.3 is 9.64 Å². The molecule has 2 aromatic rings. The van der Waals surface area contributed by atoms with Crippen LogP contribution in [0.1, 0.15) is 25.2 Å². The lowest BCUT2D eigenvalue weighted by Crippen LogP contribution is -2.48. The first kappa shape index (κ1) is 16.2. The summed E-state index contributed by atoms with van der Waals surface area (Å²) in [6.45, 7) is 9.19. The molecule has 0 radical (unpaired) electrons. The summed E-state index contributed by atoms with van der Waals surface area (Å²) in [5.41, 5.74) is 1.92. The van der Waals surface area contributed by atoms with E-state index >= 15 is 0 Å². The van der Waals surface area contributed by atoms with Crippen LogP contribution in [0.25, 0.3) is 5.78 Å². The number of thioether (sulfide) groups is 1. The number of carbonyl (C=O) groups is 1. The van der Waals surface area contributed by atoms with E-state index in [4.69, 9.17) is 4.74 Å². The van der Waals surface area contributed by atoms with Crippen molar-refractivity contribution in [1.82, 2.24) is 24.5 Å². The molecule has 0 unspecified atom stereocenters. The van der Waals surface area contributed by atoms with Gasteiger partial charge in [-0.2, -0.15) is 0 Å². The minimum Gasteiger partial charge on any atom is -0.372 e. The summed E-state index contributed by atoms with van der Waals surface area (Å²) in [5.74, 6) is 1.02. The van der Waals surface area contributed by atoms with E-state index < -0.39 is 0 Å². The van der Waals surface area contributed by atoms with Crippen LogP contribution in [-0.4, -0.2) is 61.4 Å². The number of carbonyl (C=O) groups excluding carboxylic acids is 1. The summed E-state index contributed by atoms with van der Waals surface area (Å²) in [4.78, 5) is 18.7. The lowest BCUT2D eigenvalue weighted by molar-refractivity contribution is -0.140. The monoisotopic (exact) mass is 335 g/mol. The number of fused-ring (bicyclic) bond motifs is 1. The van der Waals surface area contributed by atoms with E-state index in [1.807, 2.05) is 43.1 Å². The zero-order valence-electron chi connectivity index (χ0n) is 13.8. The maximum atomic E-state index is 12.4. The Hall–Kier alpha value is -1.67. The molecule has 0 aliphatic carbocycles. The summed E-state index contributed by atoms with van der Waals surface area (Å²) in [6, 6.07) is 1.98. The highest BCUT2D eigenvalue weighted by atomic mass is 32.2. The molecule has 3 rings (SSSR count). The molecule has 0 aromatic carbocycles. The maximum Gasteiger partial charge on any atom is 0.256 e. The Bertz CT molecular complexity index is 722. The molecule has 1 amide bonds. The lowest BCUT2D eigenvalue weighted by atomic mass is 10.2. The van der Waals surface area contributed by atoms with Gasteiger partial charge in [-0.05, 0) is 33.8 Å². The first-order chi connectivity index (χ1) is 10.9. The van der Waals surface area contributed by atoms with Crippen molar-refractivity contribution in [2.45, 2.75) is 45.1 Å². The molecule has 0 saturated carbocycles. The van der Waals surface area contributed by atoms with Gasteiger partial charge in [0.05, 0.1) is 18.0 Å². The van der Waals surface area contributed by atoms with Crippen molar-refractivity contribution in [1.29, 1.82) is 0 Å². The summed E-state index contributed by atoms with van der Waals surface area (Å²) in [7, 11) is 0. The third kappa shape index (κ3) is 3.48. The van der Waals surface area contributed by atoms with Crippen LogP contribution in [0.4, 0.5) is 0 Å². The van der Waals surface area contributed by atoms with E-state index in [2.05, 4.69) is 15.2 Å². The van der Waals surface area contributed by atoms with Gasteiger partial charge in [0.2, 0.25) is 5.91 Å². The number of ether oxygens (including phenoxy) is 1. The van der Waals surface area contributed by atoms with Gasteiger partial charge >= 0.3 is 0 Å². The quantitative estimate of drug-likeness (QED) is 0.791. The summed E-state index contributed by atoms with van der Waals surface area (Å²) in [6.07, 6.45) is 0.159. The summed E-state index contributed by atoms with van der Waals surface area (Å²) in [5, 5.41) is 8.95. The van der Waals surface area contributed by atoms with Crippen molar-refractivity contribution < 1.29 is 9.53 Å². The highest BCUT2D eigenvalue weighted by Crippen LogP contribution is 2.20. The first-order valence-electron chi connectivity index (χ1n) is 7.69. The second-order valence-corrected chi connectivity index (χ2v) is 6.94. The molecule has 1 saturated heterocycles. The molecule has 1 aliphatic heterocycles. The van der Waals surface area contributed by atoms with Crippen molar-refractivity contribution in [3.05, 3.63) is 17.5 Å². The standard InChI is InChI=1S/C15H21N5O2S/c1-9-5-10(2)20-14(16-9)17-18-15(20)23-8-13(21)19-6-11(3)22-12(4)7-19/h5,11-12H,6-8H2,1-4H3/t11-,12-/m0/s1. The van der Waals surface area contributed by atoms with Crippen LogP contribution >= 0.6 is 11.8 Å². The van der Waals surface area contributed by atoms with Crippen LogP contribution in [0, 0.1) is 13.8 Å². The van der Waals surface area contributed by atoms with Gasteiger partial charge in [-0.1, -0.05) is 11.8 Å². The highest BCUT2D eigenvalue weighted by molar-refractivity contribution is 7.99. The second-order valence-electron chi connectivity index (χ2n) is 6.00. The van der Waals surface area contributed by atoms with Gasteiger partial charge in [-0.15, -0.1) is 10.2 Å². The van der Waals surface area contributed by atoms with E-state index in [0.717, 1.165) is 11.4 Å². The van der Waals surface area contributed by atoms with Crippen LogP contribution in [-0.2, 0) is 9.53 Å². The molecule has 2 aromatic heterocycles. The van der Waals surface area contributed by atoms with Crippen LogP contribution in [0.5, 0.6) is 0 Å². The molecule has 3 heterocycles. The number of rotatable bonds is 3. The fraction of sp³-hybridized carbons (Fsp3) is 0.600. The van der Waals surface area contributed by atoms with Gasteiger partial charge in [-0.25, -0.2) is 4.98 Å². The zero-order chi connectivity index (χ0) is 16.6. The Morgan fingerprint density at radius 2 is 2.00 bits per heavy atom. The smallest absolute Gasteiger partial charge is 0.256 e. The minimum atomic E-state index is 0.0797. The lowest BCUT2D eigenvalue weighted by Gasteiger charge is -2.35. The largest absolute Gasteiger partial charge is 0.372 e. The average molecular weight is 335 g/mol. The molecule has 124 valence electrons. The number of morpholine rings is 1. The Balaban J connectivity index is 1.70. The molecule has 0 bridgehead atoms. The van der Waals surface area contributed by atoms with E-state index in [1.54, 1.807) is 0 Å². The third-order valence-corrected chi connectivity index (χ3v) is 4.67. The molecule has 2 atom stereocenters. The molecule has 8 heteroatoms. The van der Waals surface area contributed by atoms with Gasteiger partial charge in [0.1, 0.15) is 0 Å².